The van der Waals surface area contributed by atoms with E-state index in [1.165, 1.54) is 17.7 Å². The quantitative estimate of drug-likeness (QED) is 0.630. The van der Waals surface area contributed by atoms with Crippen LogP contribution in [0.1, 0.15) is 19.8 Å². The summed E-state index contributed by atoms with van der Waals surface area (Å²) >= 11 is 0. The fourth-order valence-electron chi connectivity index (χ4n) is 1.47. The second kappa shape index (κ2) is 7.20. The molecule has 0 bridgehead atoms. The van der Waals surface area contributed by atoms with Gasteiger partial charge in [0, 0.05) is 26.7 Å². The standard InChI is InChI=1S/C12H22N2O4/c1-9(11(15)16)7-14(2)12(17)13-5-6-18-8-10-3-4-10/h9-10H,3-8H2,1-2H3,(H,13,17)(H,15,16). The molecular formula is C12H22N2O4. The number of ether oxygens (including phenoxy) is 1. The molecule has 6 heteroatoms. The fraction of sp³-hybridized carbons (Fsp3) is 0.833. The molecule has 0 heterocycles. The van der Waals surface area contributed by atoms with E-state index in [9.17, 15) is 9.59 Å². The number of hydrogen-bond acceptors (Lipinski definition) is 3. The Labute approximate surface area is 107 Å². The molecule has 1 rings (SSSR count). The van der Waals surface area contributed by atoms with E-state index in [1.807, 2.05) is 0 Å². The monoisotopic (exact) mass is 258 g/mol. The number of carboxylic acids is 1. The van der Waals surface area contributed by atoms with Crippen LogP contribution >= 0.6 is 0 Å². The molecule has 1 fully saturated rings. The maximum atomic E-state index is 11.6. The number of carbonyl (C=O) groups excluding carboxylic acids is 1. The summed E-state index contributed by atoms with van der Waals surface area (Å²) in [6, 6.07) is -0.266. The maximum Gasteiger partial charge on any atom is 0.317 e. The first-order valence-electron chi connectivity index (χ1n) is 6.30. The maximum absolute atomic E-state index is 11.6. The van der Waals surface area contributed by atoms with Crippen LogP contribution in [0.15, 0.2) is 0 Å². The van der Waals surface area contributed by atoms with Gasteiger partial charge >= 0.3 is 12.0 Å². The van der Waals surface area contributed by atoms with Gasteiger partial charge in [-0.1, -0.05) is 6.92 Å². The molecule has 18 heavy (non-hydrogen) atoms. The molecule has 104 valence electrons. The molecule has 1 unspecified atom stereocenters. The predicted octanol–water partition coefficient (Wildman–Crippen LogP) is 0.775. The number of nitrogens with zero attached hydrogens (tertiary/aromatic N) is 1. The van der Waals surface area contributed by atoms with E-state index in [2.05, 4.69) is 5.32 Å². The van der Waals surface area contributed by atoms with Gasteiger partial charge in [-0.25, -0.2) is 4.79 Å². The lowest BCUT2D eigenvalue weighted by Crippen LogP contribution is -2.41. The highest BCUT2D eigenvalue weighted by Crippen LogP contribution is 2.28. The first kappa shape index (κ1) is 14.8. The van der Waals surface area contributed by atoms with Crippen molar-refractivity contribution in [1.82, 2.24) is 10.2 Å². The molecule has 2 N–H and O–H groups in total. The molecule has 0 aromatic rings. The summed E-state index contributed by atoms with van der Waals surface area (Å²) < 4.78 is 5.38. The largest absolute Gasteiger partial charge is 0.481 e. The third kappa shape index (κ3) is 5.86. The van der Waals surface area contributed by atoms with E-state index in [1.54, 1.807) is 14.0 Å². The summed E-state index contributed by atoms with van der Waals surface area (Å²) in [6.07, 6.45) is 2.50. The number of nitrogens with one attached hydrogen (secondary N) is 1. The molecule has 1 atom stereocenters. The van der Waals surface area contributed by atoms with E-state index in [0.717, 1.165) is 12.5 Å². The zero-order valence-corrected chi connectivity index (χ0v) is 11.0. The Morgan fingerprint density at radius 2 is 2.17 bits per heavy atom. The van der Waals surface area contributed by atoms with Crippen LogP contribution in [0.5, 0.6) is 0 Å². The van der Waals surface area contributed by atoms with Crippen LogP contribution in [0.3, 0.4) is 0 Å². The van der Waals surface area contributed by atoms with Crippen molar-refractivity contribution in [3.63, 3.8) is 0 Å². The zero-order valence-electron chi connectivity index (χ0n) is 11.0. The predicted molar refractivity (Wildman–Crippen MR) is 66.4 cm³/mol. The molecule has 0 aromatic carbocycles. The van der Waals surface area contributed by atoms with Crippen LogP contribution < -0.4 is 5.32 Å². The average Bonchev–Trinajstić information content (AvgIpc) is 3.11. The van der Waals surface area contributed by atoms with Crippen LogP contribution in [-0.2, 0) is 9.53 Å². The summed E-state index contributed by atoms with van der Waals surface area (Å²) in [7, 11) is 1.58. The van der Waals surface area contributed by atoms with Crippen LogP contribution in [0.2, 0.25) is 0 Å². The summed E-state index contributed by atoms with van der Waals surface area (Å²) in [4.78, 5) is 23.6. The Balaban J connectivity index is 2.04. The zero-order chi connectivity index (χ0) is 13.5. The molecule has 6 nitrogen and oxygen atoms in total. The Kier molecular flexibility index (Phi) is 5.91. The normalized spacial score (nSPS) is 16.1. The minimum Gasteiger partial charge on any atom is -0.481 e. The van der Waals surface area contributed by atoms with Gasteiger partial charge in [-0.15, -0.1) is 0 Å². The molecule has 0 saturated heterocycles. The van der Waals surface area contributed by atoms with Crippen LogP contribution in [0.4, 0.5) is 4.79 Å². The number of carbonyl (C=O) groups is 2. The minimum absolute atomic E-state index is 0.199. The van der Waals surface area contributed by atoms with Gasteiger partial charge in [0.15, 0.2) is 0 Å². The van der Waals surface area contributed by atoms with E-state index in [-0.39, 0.29) is 12.6 Å². The van der Waals surface area contributed by atoms with Crippen LogP contribution in [0, 0.1) is 11.8 Å². The van der Waals surface area contributed by atoms with Gasteiger partial charge in [-0.2, -0.15) is 0 Å². The van der Waals surface area contributed by atoms with Crippen LogP contribution in [0.25, 0.3) is 0 Å². The summed E-state index contributed by atoms with van der Waals surface area (Å²) in [6.45, 7) is 3.51. The Morgan fingerprint density at radius 3 is 2.72 bits per heavy atom. The molecule has 1 aliphatic rings. The summed E-state index contributed by atoms with van der Waals surface area (Å²) in [5, 5.41) is 11.4. The topological polar surface area (TPSA) is 78.9 Å². The Bertz CT molecular complexity index is 292. The first-order chi connectivity index (χ1) is 8.50. The van der Waals surface area contributed by atoms with E-state index >= 15 is 0 Å². The van der Waals surface area contributed by atoms with E-state index < -0.39 is 11.9 Å². The van der Waals surface area contributed by atoms with Gasteiger partial charge in [-0.3, -0.25) is 4.79 Å². The lowest BCUT2D eigenvalue weighted by molar-refractivity contribution is -0.141. The number of aliphatic carboxylic acids is 1. The molecule has 1 saturated carbocycles. The molecule has 0 aliphatic heterocycles. The summed E-state index contributed by atoms with van der Waals surface area (Å²) in [5.41, 5.74) is 0. The van der Waals surface area contributed by atoms with Crippen molar-refractivity contribution < 1.29 is 19.4 Å². The van der Waals surface area contributed by atoms with Gasteiger partial charge in [0.25, 0.3) is 0 Å². The highest BCUT2D eigenvalue weighted by Gasteiger charge is 2.21. The third-order valence-corrected chi connectivity index (χ3v) is 2.89. The second-order valence-corrected chi connectivity index (χ2v) is 4.87. The van der Waals surface area contributed by atoms with Gasteiger partial charge in [0.1, 0.15) is 0 Å². The van der Waals surface area contributed by atoms with Gasteiger partial charge in [-0.05, 0) is 18.8 Å². The first-order valence-corrected chi connectivity index (χ1v) is 6.30. The number of hydrogen-bond donors (Lipinski definition) is 2. The second-order valence-electron chi connectivity index (χ2n) is 4.87. The van der Waals surface area contributed by atoms with E-state index in [0.29, 0.717) is 13.2 Å². The van der Waals surface area contributed by atoms with Crippen molar-refractivity contribution in [3.05, 3.63) is 0 Å². The third-order valence-electron chi connectivity index (χ3n) is 2.89. The van der Waals surface area contributed by atoms with Crippen LogP contribution in [-0.4, -0.2) is 55.4 Å². The SMILES string of the molecule is CC(CN(C)C(=O)NCCOCC1CC1)C(=O)O. The van der Waals surface area contributed by atoms with Crippen molar-refractivity contribution >= 4 is 12.0 Å². The number of rotatable bonds is 8. The van der Waals surface area contributed by atoms with Gasteiger partial charge < -0.3 is 20.1 Å². The summed E-state index contributed by atoms with van der Waals surface area (Å²) in [5.74, 6) is -0.742. The van der Waals surface area contributed by atoms with Crippen molar-refractivity contribution in [3.8, 4) is 0 Å². The highest BCUT2D eigenvalue weighted by atomic mass is 16.5. The lowest BCUT2D eigenvalue weighted by Gasteiger charge is -2.19. The van der Waals surface area contributed by atoms with Gasteiger partial charge in [0.05, 0.1) is 12.5 Å². The highest BCUT2D eigenvalue weighted by molar-refractivity contribution is 5.75. The van der Waals surface area contributed by atoms with Crippen molar-refractivity contribution in [2.24, 2.45) is 11.8 Å². The lowest BCUT2D eigenvalue weighted by atomic mass is 10.2. The molecule has 2 amide bonds. The minimum atomic E-state index is -0.901. The van der Waals surface area contributed by atoms with Crippen molar-refractivity contribution in [2.45, 2.75) is 19.8 Å². The average molecular weight is 258 g/mol. The number of amides is 2. The van der Waals surface area contributed by atoms with Gasteiger partial charge in [0.2, 0.25) is 0 Å². The van der Waals surface area contributed by atoms with E-state index in [4.69, 9.17) is 9.84 Å². The fourth-order valence-corrected chi connectivity index (χ4v) is 1.47. The molecule has 1 aliphatic carbocycles. The molecule has 0 radical (unpaired) electrons. The number of carboxylic acid groups (broad SMARTS) is 1. The number of urea groups is 1. The molecule has 0 spiro atoms. The molecule has 0 aromatic heterocycles. The smallest absolute Gasteiger partial charge is 0.317 e. The van der Waals surface area contributed by atoms with Crippen molar-refractivity contribution in [1.29, 1.82) is 0 Å². The Hall–Kier alpha value is -1.30. The van der Waals surface area contributed by atoms with Crippen molar-refractivity contribution in [2.75, 3.05) is 33.4 Å². The molecular weight excluding hydrogens is 236 g/mol. The Morgan fingerprint density at radius 1 is 1.50 bits per heavy atom.